The third-order valence-electron chi connectivity index (χ3n) is 3.19. The Balaban J connectivity index is 2.19. The largest absolute Gasteiger partial charge is 0.300 e. The van der Waals surface area contributed by atoms with E-state index in [2.05, 4.69) is 38.3 Å². The van der Waals surface area contributed by atoms with Gasteiger partial charge in [-0.15, -0.1) is 0 Å². The van der Waals surface area contributed by atoms with Crippen LogP contribution in [0.2, 0.25) is 0 Å². The maximum Gasteiger partial charge on any atom is 0.00965 e. The molecule has 0 aromatic heterocycles. The molecule has 0 aliphatic heterocycles. The quantitative estimate of drug-likeness (QED) is 0.624. The topological polar surface area (TPSA) is 3.24 Å². The average Bonchev–Trinajstić information content (AvgIpc) is 2.95. The van der Waals surface area contributed by atoms with Gasteiger partial charge in [0.25, 0.3) is 0 Å². The van der Waals surface area contributed by atoms with Crippen molar-refractivity contribution in [3.05, 3.63) is 0 Å². The van der Waals surface area contributed by atoms with Gasteiger partial charge in [-0.05, 0) is 49.8 Å². The van der Waals surface area contributed by atoms with Crippen molar-refractivity contribution in [1.29, 1.82) is 0 Å². The van der Waals surface area contributed by atoms with E-state index in [1.807, 2.05) is 0 Å². The Hall–Kier alpha value is 0.310. The molecule has 0 aromatic rings. The summed E-state index contributed by atoms with van der Waals surface area (Å²) in [5, 5.41) is 0. The highest BCUT2D eigenvalue weighted by molar-refractivity contribution is 7.80. The third-order valence-corrected chi connectivity index (χ3v) is 3.45. The molecule has 0 spiro atoms. The molecule has 1 atom stereocenters. The van der Waals surface area contributed by atoms with E-state index in [0.717, 1.165) is 23.6 Å². The maximum atomic E-state index is 4.30. The highest BCUT2D eigenvalue weighted by Crippen LogP contribution is 2.28. The second-order valence-corrected chi connectivity index (χ2v) is 5.97. The van der Waals surface area contributed by atoms with Crippen LogP contribution in [0.5, 0.6) is 0 Å². The van der Waals surface area contributed by atoms with Gasteiger partial charge >= 0.3 is 0 Å². The minimum Gasteiger partial charge on any atom is -0.300 e. The standard InChI is InChI=1S/C13H27NS/c1-11(2)10-14(13-4-5-13)8-6-12(3)7-9-15/h11-13,15H,4-10H2,1-3H3. The molecule has 0 aromatic carbocycles. The predicted molar refractivity (Wildman–Crippen MR) is 71.7 cm³/mol. The Morgan fingerprint density at radius 1 is 1.20 bits per heavy atom. The molecule has 0 amide bonds. The highest BCUT2D eigenvalue weighted by Gasteiger charge is 2.28. The van der Waals surface area contributed by atoms with E-state index in [1.165, 1.54) is 38.8 Å². The molecule has 1 fully saturated rings. The zero-order chi connectivity index (χ0) is 11.3. The molecule has 1 rings (SSSR count). The summed E-state index contributed by atoms with van der Waals surface area (Å²) in [5.41, 5.74) is 0. The lowest BCUT2D eigenvalue weighted by Crippen LogP contribution is -2.31. The van der Waals surface area contributed by atoms with Crippen molar-refractivity contribution in [2.24, 2.45) is 11.8 Å². The van der Waals surface area contributed by atoms with Crippen LogP contribution in [0.15, 0.2) is 0 Å². The number of hydrogen-bond donors (Lipinski definition) is 1. The molecule has 0 saturated heterocycles. The molecule has 0 radical (unpaired) electrons. The Morgan fingerprint density at radius 3 is 2.33 bits per heavy atom. The van der Waals surface area contributed by atoms with Crippen molar-refractivity contribution in [3.63, 3.8) is 0 Å². The Kier molecular flexibility index (Phi) is 6.06. The van der Waals surface area contributed by atoms with Gasteiger partial charge in [0.1, 0.15) is 0 Å². The lowest BCUT2D eigenvalue weighted by atomic mass is 10.0. The van der Waals surface area contributed by atoms with Crippen molar-refractivity contribution in [3.8, 4) is 0 Å². The minimum atomic E-state index is 0.811. The Bertz CT molecular complexity index is 166. The van der Waals surface area contributed by atoms with E-state index >= 15 is 0 Å². The number of thiol groups is 1. The lowest BCUT2D eigenvalue weighted by molar-refractivity contribution is 0.219. The van der Waals surface area contributed by atoms with Gasteiger partial charge in [-0.2, -0.15) is 12.6 Å². The van der Waals surface area contributed by atoms with Crippen LogP contribution in [-0.4, -0.2) is 29.8 Å². The van der Waals surface area contributed by atoms with Crippen LogP contribution in [0, 0.1) is 11.8 Å². The summed E-state index contributed by atoms with van der Waals surface area (Å²) in [6.07, 6.45) is 5.49. The van der Waals surface area contributed by atoms with Crippen molar-refractivity contribution >= 4 is 12.6 Å². The van der Waals surface area contributed by atoms with E-state index in [-0.39, 0.29) is 0 Å². The average molecular weight is 229 g/mol. The first-order valence-corrected chi connectivity index (χ1v) is 7.11. The fourth-order valence-electron chi connectivity index (χ4n) is 2.08. The van der Waals surface area contributed by atoms with Crippen LogP contribution in [0.25, 0.3) is 0 Å². The first kappa shape index (κ1) is 13.4. The van der Waals surface area contributed by atoms with Crippen molar-refractivity contribution in [1.82, 2.24) is 4.90 Å². The van der Waals surface area contributed by atoms with Crippen molar-refractivity contribution < 1.29 is 0 Å². The molecule has 0 bridgehead atoms. The summed E-state index contributed by atoms with van der Waals surface area (Å²) in [6.45, 7) is 9.60. The first-order chi connectivity index (χ1) is 7.13. The smallest absolute Gasteiger partial charge is 0.00965 e. The number of rotatable bonds is 8. The molecule has 1 saturated carbocycles. The summed E-state index contributed by atoms with van der Waals surface area (Å²) < 4.78 is 0. The van der Waals surface area contributed by atoms with Crippen LogP contribution in [-0.2, 0) is 0 Å². The summed E-state index contributed by atoms with van der Waals surface area (Å²) in [6, 6.07) is 0.926. The van der Waals surface area contributed by atoms with E-state index in [4.69, 9.17) is 0 Å². The van der Waals surface area contributed by atoms with E-state index in [0.29, 0.717) is 0 Å². The van der Waals surface area contributed by atoms with E-state index in [1.54, 1.807) is 0 Å². The molecular formula is C13H27NS. The maximum absolute atomic E-state index is 4.30. The normalized spacial score (nSPS) is 18.8. The molecule has 0 N–H and O–H groups in total. The predicted octanol–water partition coefficient (Wildman–Crippen LogP) is 3.45. The summed E-state index contributed by atoms with van der Waals surface area (Å²) >= 11 is 4.30. The van der Waals surface area contributed by atoms with Crippen LogP contribution in [0.3, 0.4) is 0 Å². The number of nitrogens with zero attached hydrogens (tertiary/aromatic N) is 1. The molecular weight excluding hydrogens is 202 g/mol. The molecule has 1 aliphatic carbocycles. The van der Waals surface area contributed by atoms with Gasteiger partial charge in [0, 0.05) is 12.6 Å². The zero-order valence-electron chi connectivity index (χ0n) is 10.6. The number of hydrogen-bond acceptors (Lipinski definition) is 2. The Labute approximate surface area is 101 Å². The molecule has 15 heavy (non-hydrogen) atoms. The zero-order valence-corrected chi connectivity index (χ0v) is 11.5. The van der Waals surface area contributed by atoms with Gasteiger partial charge in [0.2, 0.25) is 0 Å². The van der Waals surface area contributed by atoms with Crippen LogP contribution < -0.4 is 0 Å². The van der Waals surface area contributed by atoms with E-state index < -0.39 is 0 Å². The fourth-order valence-corrected chi connectivity index (χ4v) is 2.52. The first-order valence-electron chi connectivity index (χ1n) is 6.48. The van der Waals surface area contributed by atoms with Crippen molar-refractivity contribution in [2.45, 2.75) is 52.5 Å². The molecule has 1 unspecified atom stereocenters. The third kappa shape index (κ3) is 5.82. The molecule has 1 nitrogen and oxygen atoms in total. The molecule has 0 heterocycles. The van der Waals surface area contributed by atoms with Crippen LogP contribution >= 0.6 is 12.6 Å². The van der Waals surface area contributed by atoms with Gasteiger partial charge < -0.3 is 4.90 Å². The molecule has 2 heteroatoms. The van der Waals surface area contributed by atoms with Gasteiger partial charge in [-0.1, -0.05) is 20.8 Å². The molecule has 90 valence electrons. The summed E-state index contributed by atoms with van der Waals surface area (Å²) in [4.78, 5) is 2.71. The highest BCUT2D eigenvalue weighted by atomic mass is 32.1. The van der Waals surface area contributed by atoms with Crippen LogP contribution in [0.1, 0.15) is 46.5 Å². The second-order valence-electron chi connectivity index (χ2n) is 5.53. The van der Waals surface area contributed by atoms with Crippen molar-refractivity contribution in [2.75, 3.05) is 18.8 Å². The molecule has 1 aliphatic rings. The van der Waals surface area contributed by atoms with Gasteiger partial charge in [0.15, 0.2) is 0 Å². The van der Waals surface area contributed by atoms with Crippen LogP contribution in [0.4, 0.5) is 0 Å². The SMILES string of the molecule is CC(C)CN(CCC(C)CCS)C1CC1. The fraction of sp³-hybridized carbons (Fsp3) is 1.00. The van der Waals surface area contributed by atoms with Gasteiger partial charge in [-0.3, -0.25) is 0 Å². The lowest BCUT2D eigenvalue weighted by Gasteiger charge is -2.25. The monoisotopic (exact) mass is 229 g/mol. The van der Waals surface area contributed by atoms with E-state index in [9.17, 15) is 0 Å². The summed E-state index contributed by atoms with van der Waals surface area (Å²) in [7, 11) is 0. The second kappa shape index (κ2) is 6.80. The van der Waals surface area contributed by atoms with Gasteiger partial charge in [0.05, 0.1) is 0 Å². The minimum absolute atomic E-state index is 0.811. The Morgan fingerprint density at radius 2 is 1.87 bits per heavy atom. The summed E-state index contributed by atoms with van der Waals surface area (Å²) in [5.74, 6) is 2.69. The van der Waals surface area contributed by atoms with Gasteiger partial charge in [-0.25, -0.2) is 0 Å².